The number of nitrogens with two attached hydrogens (primary N) is 1. The number of carbonyl (C=O) groups is 1. The molecule has 1 unspecified atom stereocenters. The minimum absolute atomic E-state index is 0.203. The van der Waals surface area contributed by atoms with Crippen molar-refractivity contribution in [2.24, 2.45) is 5.73 Å². The Kier molecular flexibility index (Phi) is 5.77. The Morgan fingerprint density at radius 1 is 1.31 bits per heavy atom. The Labute approximate surface area is 98.8 Å². The van der Waals surface area contributed by atoms with Gasteiger partial charge in [-0.25, -0.2) is 0 Å². The van der Waals surface area contributed by atoms with Gasteiger partial charge in [0, 0.05) is 39.1 Å². The zero-order valence-corrected chi connectivity index (χ0v) is 10.6. The van der Waals surface area contributed by atoms with Crippen LogP contribution in [0, 0.1) is 0 Å². The summed E-state index contributed by atoms with van der Waals surface area (Å²) in [7, 11) is 0. The molecule has 2 N–H and O–H groups in total. The second-order valence-electron chi connectivity index (χ2n) is 4.54. The Bertz CT molecular complexity index is 220. The molecule has 1 rings (SSSR count). The third kappa shape index (κ3) is 3.76. The highest BCUT2D eigenvalue weighted by atomic mass is 16.2. The molecule has 0 aliphatic carbocycles. The van der Waals surface area contributed by atoms with E-state index in [-0.39, 0.29) is 5.91 Å². The molecule has 1 aliphatic heterocycles. The van der Waals surface area contributed by atoms with Crippen LogP contribution in [0.4, 0.5) is 0 Å². The highest BCUT2D eigenvalue weighted by molar-refractivity contribution is 5.73. The van der Waals surface area contributed by atoms with E-state index in [0.717, 1.165) is 52.0 Å². The summed E-state index contributed by atoms with van der Waals surface area (Å²) in [5.41, 5.74) is 5.64. The molecule has 0 aromatic carbocycles. The zero-order valence-electron chi connectivity index (χ0n) is 10.6. The van der Waals surface area contributed by atoms with Gasteiger partial charge in [-0.1, -0.05) is 6.92 Å². The van der Waals surface area contributed by atoms with E-state index in [2.05, 4.69) is 11.8 Å². The van der Waals surface area contributed by atoms with Crippen LogP contribution in [-0.2, 0) is 4.79 Å². The molecule has 94 valence electrons. The van der Waals surface area contributed by atoms with E-state index in [1.54, 1.807) is 6.92 Å². The summed E-state index contributed by atoms with van der Waals surface area (Å²) in [6, 6.07) is 0.594. The highest BCUT2D eigenvalue weighted by Crippen LogP contribution is 2.12. The monoisotopic (exact) mass is 227 g/mol. The SMILES string of the molecule is CCC(CCN)N1CCCN(C(C)=O)CC1. The van der Waals surface area contributed by atoms with Crippen LogP contribution in [0.3, 0.4) is 0 Å². The summed E-state index contributed by atoms with van der Waals surface area (Å²) in [6.45, 7) is 8.51. The lowest BCUT2D eigenvalue weighted by molar-refractivity contribution is -0.128. The molecule has 1 atom stereocenters. The molecule has 4 heteroatoms. The predicted octanol–water partition coefficient (Wildman–Crippen LogP) is 0.668. The van der Waals surface area contributed by atoms with Gasteiger partial charge in [0.25, 0.3) is 0 Å². The van der Waals surface area contributed by atoms with Gasteiger partial charge in [-0.2, -0.15) is 0 Å². The van der Waals surface area contributed by atoms with Gasteiger partial charge in [0.15, 0.2) is 0 Å². The van der Waals surface area contributed by atoms with E-state index in [9.17, 15) is 4.79 Å². The quantitative estimate of drug-likeness (QED) is 0.768. The lowest BCUT2D eigenvalue weighted by Crippen LogP contribution is -2.39. The fraction of sp³-hybridized carbons (Fsp3) is 0.917. The van der Waals surface area contributed by atoms with E-state index in [0.29, 0.717) is 6.04 Å². The molecule has 0 aromatic rings. The van der Waals surface area contributed by atoms with E-state index in [4.69, 9.17) is 5.73 Å². The Morgan fingerprint density at radius 3 is 2.62 bits per heavy atom. The smallest absolute Gasteiger partial charge is 0.219 e. The van der Waals surface area contributed by atoms with Gasteiger partial charge in [-0.3, -0.25) is 9.69 Å². The average Bonchev–Trinajstić information content (AvgIpc) is 2.51. The first-order valence-electron chi connectivity index (χ1n) is 6.38. The molecular weight excluding hydrogens is 202 g/mol. The van der Waals surface area contributed by atoms with Gasteiger partial charge >= 0.3 is 0 Å². The van der Waals surface area contributed by atoms with Crippen molar-refractivity contribution in [3.8, 4) is 0 Å². The third-order valence-electron chi connectivity index (χ3n) is 3.46. The largest absolute Gasteiger partial charge is 0.342 e. The first-order valence-corrected chi connectivity index (χ1v) is 6.38. The van der Waals surface area contributed by atoms with Crippen molar-refractivity contribution in [1.29, 1.82) is 0 Å². The van der Waals surface area contributed by atoms with Gasteiger partial charge in [0.1, 0.15) is 0 Å². The van der Waals surface area contributed by atoms with Gasteiger partial charge in [-0.15, -0.1) is 0 Å². The van der Waals surface area contributed by atoms with Gasteiger partial charge in [0.2, 0.25) is 5.91 Å². The molecular formula is C12H25N3O. The van der Waals surface area contributed by atoms with Crippen molar-refractivity contribution >= 4 is 5.91 Å². The number of hydrogen-bond donors (Lipinski definition) is 1. The number of nitrogens with zero attached hydrogens (tertiary/aromatic N) is 2. The molecule has 0 radical (unpaired) electrons. The first-order chi connectivity index (χ1) is 7.69. The minimum atomic E-state index is 0.203. The summed E-state index contributed by atoms with van der Waals surface area (Å²) < 4.78 is 0. The number of amides is 1. The zero-order chi connectivity index (χ0) is 12.0. The molecule has 1 fully saturated rings. The van der Waals surface area contributed by atoms with E-state index in [1.807, 2.05) is 4.90 Å². The Hall–Kier alpha value is -0.610. The van der Waals surface area contributed by atoms with Crippen molar-refractivity contribution < 1.29 is 4.79 Å². The molecule has 0 bridgehead atoms. The van der Waals surface area contributed by atoms with Crippen molar-refractivity contribution in [2.45, 2.75) is 39.2 Å². The molecule has 1 amide bonds. The van der Waals surface area contributed by atoms with Crippen LogP contribution in [0.15, 0.2) is 0 Å². The second-order valence-corrected chi connectivity index (χ2v) is 4.54. The Morgan fingerprint density at radius 2 is 2.06 bits per heavy atom. The molecule has 4 nitrogen and oxygen atoms in total. The van der Waals surface area contributed by atoms with Crippen molar-refractivity contribution in [1.82, 2.24) is 9.80 Å². The van der Waals surface area contributed by atoms with Crippen molar-refractivity contribution in [2.75, 3.05) is 32.7 Å². The van der Waals surface area contributed by atoms with E-state index < -0.39 is 0 Å². The second kappa shape index (κ2) is 6.86. The van der Waals surface area contributed by atoms with Crippen molar-refractivity contribution in [3.63, 3.8) is 0 Å². The maximum atomic E-state index is 11.3. The van der Waals surface area contributed by atoms with Crippen LogP contribution >= 0.6 is 0 Å². The molecule has 16 heavy (non-hydrogen) atoms. The topological polar surface area (TPSA) is 49.6 Å². The molecule has 0 saturated carbocycles. The van der Waals surface area contributed by atoms with Crippen LogP contribution in [0.25, 0.3) is 0 Å². The van der Waals surface area contributed by atoms with Crippen LogP contribution in [0.1, 0.15) is 33.1 Å². The first kappa shape index (κ1) is 13.5. The standard InChI is InChI=1S/C12H25N3O/c1-3-12(5-6-13)15-8-4-7-14(9-10-15)11(2)16/h12H,3-10,13H2,1-2H3. The summed E-state index contributed by atoms with van der Waals surface area (Å²) in [5.74, 6) is 0.203. The molecule has 1 heterocycles. The minimum Gasteiger partial charge on any atom is -0.342 e. The molecule has 1 saturated heterocycles. The summed E-state index contributed by atoms with van der Waals surface area (Å²) in [5, 5.41) is 0. The summed E-state index contributed by atoms with van der Waals surface area (Å²) >= 11 is 0. The number of hydrogen-bond acceptors (Lipinski definition) is 3. The predicted molar refractivity (Wildman–Crippen MR) is 66.2 cm³/mol. The fourth-order valence-electron chi connectivity index (χ4n) is 2.45. The number of carbonyl (C=O) groups excluding carboxylic acids is 1. The van der Waals surface area contributed by atoms with Crippen LogP contribution in [-0.4, -0.2) is 54.5 Å². The van der Waals surface area contributed by atoms with Crippen LogP contribution < -0.4 is 5.73 Å². The third-order valence-corrected chi connectivity index (χ3v) is 3.46. The summed E-state index contributed by atoms with van der Waals surface area (Å²) in [6.07, 6.45) is 3.30. The Balaban J connectivity index is 2.48. The van der Waals surface area contributed by atoms with Gasteiger partial charge < -0.3 is 10.6 Å². The molecule has 1 aliphatic rings. The lowest BCUT2D eigenvalue weighted by atomic mass is 10.1. The van der Waals surface area contributed by atoms with Gasteiger partial charge in [-0.05, 0) is 25.8 Å². The highest BCUT2D eigenvalue weighted by Gasteiger charge is 2.21. The number of rotatable bonds is 4. The maximum absolute atomic E-state index is 11.3. The normalized spacial score (nSPS) is 20.6. The molecule has 0 aromatic heterocycles. The van der Waals surface area contributed by atoms with Crippen LogP contribution in [0.5, 0.6) is 0 Å². The molecule has 0 spiro atoms. The fourth-order valence-corrected chi connectivity index (χ4v) is 2.45. The summed E-state index contributed by atoms with van der Waals surface area (Å²) in [4.78, 5) is 15.8. The van der Waals surface area contributed by atoms with E-state index >= 15 is 0 Å². The maximum Gasteiger partial charge on any atom is 0.219 e. The van der Waals surface area contributed by atoms with Gasteiger partial charge in [0.05, 0.1) is 0 Å². The average molecular weight is 227 g/mol. The van der Waals surface area contributed by atoms with Crippen LogP contribution in [0.2, 0.25) is 0 Å². The van der Waals surface area contributed by atoms with E-state index in [1.165, 1.54) is 0 Å². The lowest BCUT2D eigenvalue weighted by Gasteiger charge is -2.29. The van der Waals surface area contributed by atoms with Crippen molar-refractivity contribution in [3.05, 3.63) is 0 Å².